The predicted octanol–water partition coefficient (Wildman–Crippen LogP) is 3.39. The van der Waals surface area contributed by atoms with Crippen molar-refractivity contribution >= 4 is 43.2 Å². The van der Waals surface area contributed by atoms with Crippen molar-refractivity contribution in [1.29, 1.82) is 0 Å². The van der Waals surface area contributed by atoms with Gasteiger partial charge in [0.1, 0.15) is 0 Å². The molecule has 0 aliphatic rings. The Kier molecular flexibility index (Phi) is 3.01. The van der Waals surface area contributed by atoms with Crippen LogP contribution in [0, 0.1) is 0 Å². The molecule has 0 fully saturated rings. The van der Waals surface area contributed by atoms with E-state index in [9.17, 15) is 13.2 Å². The largest absolute Gasteiger partial charge is 0.418 e. The molecule has 0 atom stereocenters. The minimum absolute atomic E-state index is 0.0435. The van der Waals surface area contributed by atoms with Gasteiger partial charge in [0.25, 0.3) is 0 Å². The molecule has 1 rings (SSSR count). The average molecular weight is 334 g/mol. The second-order valence-electron chi connectivity index (χ2n) is 2.56. The first-order valence-corrected chi connectivity index (χ1v) is 4.94. The summed E-state index contributed by atoms with van der Waals surface area (Å²) < 4.78 is 37.1. The van der Waals surface area contributed by atoms with Crippen LogP contribution in [0.2, 0.25) is 0 Å². The maximum Gasteiger partial charge on any atom is 0.418 e. The van der Waals surface area contributed by atoms with Crippen LogP contribution >= 0.6 is 31.9 Å². The van der Waals surface area contributed by atoms with Crippen LogP contribution in [0.1, 0.15) is 5.56 Å². The molecule has 0 aliphatic heterocycles. The van der Waals surface area contributed by atoms with E-state index in [1.165, 1.54) is 6.07 Å². The number of hydrogen-bond donors (Lipinski definition) is 2. The highest BCUT2D eigenvalue weighted by atomic mass is 79.9. The molecule has 0 heterocycles. The van der Waals surface area contributed by atoms with Crippen molar-refractivity contribution in [2.24, 2.45) is 0 Å². The van der Waals surface area contributed by atoms with Crippen molar-refractivity contribution in [3.8, 4) is 0 Å². The molecule has 0 saturated carbocycles. The molecular weight excluding hydrogens is 329 g/mol. The Bertz CT molecular complexity index is 350. The smallest absolute Gasteiger partial charge is 0.398 e. The fraction of sp³-hybridized carbons (Fsp3) is 0.143. The minimum atomic E-state index is -4.50. The summed E-state index contributed by atoms with van der Waals surface area (Å²) in [5.74, 6) is 0. The van der Waals surface area contributed by atoms with Gasteiger partial charge in [0, 0.05) is 11.4 Å². The molecule has 0 aromatic heterocycles. The number of nitrogens with two attached hydrogens (primary N) is 2. The molecule has 14 heavy (non-hydrogen) atoms. The zero-order chi connectivity index (χ0) is 11.1. The first-order chi connectivity index (χ1) is 6.25. The lowest BCUT2D eigenvalue weighted by molar-refractivity contribution is -0.138. The molecule has 1 aromatic carbocycles. The van der Waals surface area contributed by atoms with E-state index in [0.29, 0.717) is 0 Å². The van der Waals surface area contributed by atoms with Crippen LogP contribution in [0.25, 0.3) is 0 Å². The summed E-state index contributed by atoms with van der Waals surface area (Å²) in [5.41, 5.74) is 9.70. The van der Waals surface area contributed by atoms with E-state index >= 15 is 0 Å². The Labute approximate surface area is 94.7 Å². The number of benzene rings is 1. The molecule has 0 spiro atoms. The average Bonchev–Trinajstić information content (AvgIpc) is 1.98. The summed E-state index contributed by atoms with van der Waals surface area (Å²) in [6.07, 6.45) is -4.50. The minimum Gasteiger partial charge on any atom is -0.398 e. The predicted molar refractivity (Wildman–Crippen MR) is 55.7 cm³/mol. The Hall–Kier alpha value is -0.430. The Morgan fingerprint density at radius 2 is 1.36 bits per heavy atom. The van der Waals surface area contributed by atoms with Crippen molar-refractivity contribution in [2.45, 2.75) is 6.18 Å². The maximum atomic E-state index is 12.5. The third-order valence-electron chi connectivity index (χ3n) is 1.54. The van der Waals surface area contributed by atoms with Gasteiger partial charge in [0.2, 0.25) is 0 Å². The summed E-state index contributed by atoms with van der Waals surface area (Å²) >= 11 is 5.54. The van der Waals surface area contributed by atoms with E-state index in [4.69, 9.17) is 11.5 Å². The van der Waals surface area contributed by atoms with Crippen LogP contribution in [0.5, 0.6) is 0 Å². The van der Waals surface area contributed by atoms with Gasteiger partial charge < -0.3 is 11.5 Å². The van der Waals surface area contributed by atoms with Crippen LogP contribution in [-0.2, 0) is 6.18 Å². The second kappa shape index (κ2) is 3.62. The molecule has 0 aliphatic carbocycles. The van der Waals surface area contributed by atoms with Crippen molar-refractivity contribution in [3.63, 3.8) is 0 Å². The second-order valence-corrected chi connectivity index (χ2v) is 4.14. The van der Waals surface area contributed by atoms with Crippen molar-refractivity contribution in [3.05, 3.63) is 20.6 Å². The number of anilines is 2. The van der Waals surface area contributed by atoms with E-state index in [2.05, 4.69) is 31.9 Å². The van der Waals surface area contributed by atoms with Crippen molar-refractivity contribution in [2.75, 3.05) is 11.5 Å². The van der Waals surface area contributed by atoms with E-state index in [1.54, 1.807) is 0 Å². The van der Waals surface area contributed by atoms with Crippen molar-refractivity contribution in [1.82, 2.24) is 0 Å². The third-order valence-corrected chi connectivity index (χ3v) is 3.25. The van der Waals surface area contributed by atoms with E-state index in [1.807, 2.05) is 0 Å². The molecular formula is C7H5Br2F3N2. The van der Waals surface area contributed by atoms with Crippen LogP contribution in [-0.4, -0.2) is 0 Å². The summed E-state index contributed by atoms with van der Waals surface area (Å²) in [4.78, 5) is 0. The molecule has 7 heteroatoms. The monoisotopic (exact) mass is 332 g/mol. The fourth-order valence-electron chi connectivity index (χ4n) is 0.928. The quantitative estimate of drug-likeness (QED) is 0.715. The highest BCUT2D eigenvalue weighted by Gasteiger charge is 2.37. The van der Waals surface area contributed by atoms with Gasteiger partial charge in [-0.3, -0.25) is 0 Å². The zero-order valence-electron chi connectivity index (χ0n) is 6.62. The van der Waals surface area contributed by atoms with Crippen LogP contribution < -0.4 is 11.5 Å². The topological polar surface area (TPSA) is 52.0 Å². The summed E-state index contributed by atoms with van der Waals surface area (Å²) in [6.45, 7) is 0. The molecule has 0 radical (unpaired) electrons. The number of hydrogen-bond acceptors (Lipinski definition) is 2. The lowest BCUT2D eigenvalue weighted by Gasteiger charge is -2.14. The molecule has 1 aromatic rings. The molecule has 2 nitrogen and oxygen atoms in total. The highest BCUT2D eigenvalue weighted by Crippen LogP contribution is 2.44. The highest BCUT2D eigenvalue weighted by molar-refractivity contribution is 9.11. The lowest BCUT2D eigenvalue weighted by atomic mass is 10.1. The lowest BCUT2D eigenvalue weighted by Crippen LogP contribution is -2.10. The van der Waals surface area contributed by atoms with Gasteiger partial charge in [-0.2, -0.15) is 13.2 Å². The SMILES string of the molecule is Nc1cc(N)c(Br)c(C(F)(F)F)c1Br. The Morgan fingerprint density at radius 3 is 1.64 bits per heavy atom. The van der Waals surface area contributed by atoms with E-state index in [-0.39, 0.29) is 20.3 Å². The summed E-state index contributed by atoms with van der Waals surface area (Å²) in [7, 11) is 0. The first kappa shape index (κ1) is 11.6. The van der Waals surface area contributed by atoms with E-state index < -0.39 is 11.7 Å². The summed E-state index contributed by atoms with van der Waals surface area (Å²) in [5, 5.41) is 0. The molecule has 0 saturated heterocycles. The maximum absolute atomic E-state index is 12.5. The fourth-order valence-corrected chi connectivity index (χ4v) is 2.27. The van der Waals surface area contributed by atoms with Crippen molar-refractivity contribution < 1.29 is 13.2 Å². The van der Waals surface area contributed by atoms with E-state index in [0.717, 1.165) is 0 Å². The number of rotatable bonds is 0. The molecule has 78 valence electrons. The van der Waals surface area contributed by atoms with Crippen LogP contribution in [0.15, 0.2) is 15.0 Å². The summed E-state index contributed by atoms with van der Waals surface area (Å²) in [6, 6.07) is 1.25. The van der Waals surface area contributed by atoms with Gasteiger partial charge in [-0.05, 0) is 37.9 Å². The number of nitrogen functional groups attached to an aromatic ring is 2. The van der Waals surface area contributed by atoms with Crippen LogP contribution in [0.4, 0.5) is 24.5 Å². The molecule has 0 unspecified atom stereocenters. The van der Waals surface area contributed by atoms with Gasteiger partial charge >= 0.3 is 6.18 Å². The molecule has 0 bridgehead atoms. The first-order valence-electron chi connectivity index (χ1n) is 3.35. The van der Waals surface area contributed by atoms with Crippen LogP contribution in [0.3, 0.4) is 0 Å². The van der Waals surface area contributed by atoms with Gasteiger partial charge in [-0.1, -0.05) is 0 Å². The van der Waals surface area contributed by atoms with Gasteiger partial charge in [0.15, 0.2) is 0 Å². The standard InChI is InChI=1S/C7H5Br2F3N2/c8-5-2(13)1-3(14)6(9)4(5)7(10,11)12/h1H,13-14H2. The van der Waals surface area contributed by atoms with Gasteiger partial charge in [0.05, 0.1) is 14.5 Å². The normalized spacial score (nSPS) is 11.8. The Morgan fingerprint density at radius 1 is 1.00 bits per heavy atom. The third kappa shape index (κ3) is 1.98. The number of alkyl halides is 3. The zero-order valence-corrected chi connectivity index (χ0v) is 9.79. The molecule has 4 N–H and O–H groups in total. The Balaban J connectivity index is 3.56. The number of halogens is 5. The van der Waals surface area contributed by atoms with Gasteiger partial charge in [-0.25, -0.2) is 0 Å². The molecule has 0 amide bonds. The van der Waals surface area contributed by atoms with Gasteiger partial charge in [-0.15, -0.1) is 0 Å².